The third-order valence-corrected chi connectivity index (χ3v) is 7.49. The van der Waals surface area contributed by atoms with E-state index in [2.05, 4.69) is 4.98 Å². The highest BCUT2D eigenvalue weighted by molar-refractivity contribution is 8.00. The number of rotatable bonds is 7. The predicted molar refractivity (Wildman–Crippen MR) is 143 cm³/mol. The Kier molecular flexibility index (Phi) is 7.92. The fraction of sp³-hybridized carbons (Fsp3) is 0.172. The van der Waals surface area contributed by atoms with Gasteiger partial charge in [-0.2, -0.15) is 31.2 Å². The lowest BCUT2D eigenvalue weighted by molar-refractivity contribution is -1.04. The van der Waals surface area contributed by atoms with Crippen molar-refractivity contribution in [3.8, 4) is 0 Å². The van der Waals surface area contributed by atoms with E-state index < -0.39 is 58.6 Å². The lowest BCUT2D eigenvalue weighted by Gasteiger charge is -2.31. The Labute approximate surface area is 244 Å². The average Bonchev–Trinajstić information content (AvgIpc) is 3.14. The highest BCUT2D eigenvalue weighted by atomic mass is 32.2. The Morgan fingerprint density at radius 2 is 1.53 bits per heavy atom. The van der Waals surface area contributed by atoms with Crippen molar-refractivity contribution in [1.82, 2.24) is 4.98 Å². The van der Waals surface area contributed by atoms with Crippen molar-refractivity contribution in [2.45, 2.75) is 35.6 Å². The second-order valence-electron chi connectivity index (χ2n) is 9.52. The van der Waals surface area contributed by atoms with Crippen molar-refractivity contribution in [3.05, 3.63) is 102 Å². The molecule has 5 rings (SSSR count). The Hall–Kier alpha value is -4.43. The number of aromatic nitrogens is 1. The van der Waals surface area contributed by atoms with Gasteiger partial charge in [0.25, 0.3) is 0 Å². The zero-order chi connectivity index (χ0) is 31.0. The lowest BCUT2D eigenvalue weighted by atomic mass is 10.0. The monoisotopic (exact) mass is 620 g/mol. The van der Waals surface area contributed by atoms with Crippen molar-refractivity contribution in [2.75, 3.05) is 4.90 Å². The molecule has 2 unspecified atom stereocenters. The molecule has 0 saturated carbocycles. The Balaban J connectivity index is 1.66. The number of thioether (sulfide) groups is 1. The first-order chi connectivity index (χ1) is 20.3. The largest absolute Gasteiger partial charge is 0.497 e. The Morgan fingerprint density at radius 3 is 2.19 bits per heavy atom. The number of amides is 3. The molecule has 1 aliphatic heterocycles. The number of hydrogen-bond donors (Lipinski definition) is 0. The second-order valence-corrected chi connectivity index (χ2v) is 10.7. The third-order valence-electron chi connectivity index (χ3n) is 6.75. The number of carbonyl (C=O) groups excluding carboxylic acids is 3. The molecule has 4 aromatic rings. The van der Waals surface area contributed by atoms with E-state index in [0.29, 0.717) is 21.4 Å². The molecule has 3 aromatic carbocycles. The predicted octanol–water partition coefficient (Wildman–Crippen LogP) is 6.96. The van der Waals surface area contributed by atoms with Crippen molar-refractivity contribution in [2.24, 2.45) is 0 Å². The maximum Gasteiger partial charge on any atom is 0.497 e. The number of hydroxylamine groups is 3. The van der Waals surface area contributed by atoms with E-state index in [0.717, 1.165) is 24.3 Å². The molecule has 0 aliphatic carbocycles. The summed E-state index contributed by atoms with van der Waals surface area (Å²) in [6.45, 7) is -0.675. The molecule has 7 nitrogen and oxygen atoms in total. The van der Waals surface area contributed by atoms with Gasteiger partial charge in [-0.25, -0.2) is 9.59 Å². The SMILES string of the molecule is O=C1C(Cc2ccccc2)[N+](Cc2ccnc3ccccc23)(OC(=O)C(F)(F)F)C(=O)N1c1ccc(SC(F)(F)F)cc1. The minimum Gasteiger partial charge on any atom is -0.267 e. The first-order valence-corrected chi connectivity index (χ1v) is 13.4. The topological polar surface area (TPSA) is 76.6 Å². The molecule has 0 bridgehead atoms. The summed E-state index contributed by atoms with van der Waals surface area (Å²) in [5.74, 6) is -3.69. The van der Waals surface area contributed by atoms with E-state index in [1.807, 2.05) is 0 Å². The van der Waals surface area contributed by atoms with Gasteiger partial charge in [-0.15, -0.1) is 0 Å². The van der Waals surface area contributed by atoms with Gasteiger partial charge in [-0.3, -0.25) is 14.6 Å². The van der Waals surface area contributed by atoms with E-state index in [-0.39, 0.29) is 22.6 Å². The molecule has 1 saturated heterocycles. The number of imide groups is 1. The number of anilines is 1. The molecular formula is C29H20F6N3O4S+. The smallest absolute Gasteiger partial charge is 0.267 e. The number of carbonyl (C=O) groups is 3. The van der Waals surface area contributed by atoms with Crippen molar-refractivity contribution in [1.29, 1.82) is 0 Å². The highest BCUT2D eigenvalue weighted by Gasteiger charge is 2.66. The second kappa shape index (κ2) is 11.3. The zero-order valence-electron chi connectivity index (χ0n) is 21.8. The van der Waals surface area contributed by atoms with Crippen LogP contribution in [-0.2, 0) is 27.4 Å². The van der Waals surface area contributed by atoms with Crippen molar-refractivity contribution >= 4 is 46.3 Å². The summed E-state index contributed by atoms with van der Waals surface area (Å²) in [6.07, 6.45) is -4.46. The first kappa shape index (κ1) is 30.0. The highest BCUT2D eigenvalue weighted by Crippen LogP contribution is 2.41. The van der Waals surface area contributed by atoms with Crippen LogP contribution in [0, 0.1) is 0 Å². The summed E-state index contributed by atoms with van der Waals surface area (Å²) < 4.78 is 77.8. The minimum atomic E-state index is -5.52. The number of para-hydroxylation sites is 1. The summed E-state index contributed by atoms with van der Waals surface area (Å²) in [4.78, 5) is 50.1. The number of fused-ring (bicyclic) bond motifs is 1. The maximum absolute atomic E-state index is 14.2. The Morgan fingerprint density at radius 1 is 0.884 bits per heavy atom. The van der Waals surface area contributed by atoms with Crippen LogP contribution in [0.3, 0.4) is 0 Å². The normalized spacial score (nSPS) is 19.2. The van der Waals surface area contributed by atoms with Crippen LogP contribution < -0.4 is 4.90 Å². The van der Waals surface area contributed by atoms with Crippen LogP contribution >= 0.6 is 11.8 Å². The van der Waals surface area contributed by atoms with E-state index in [9.17, 15) is 40.7 Å². The molecule has 0 N–H and O–H groups in total. The fourth-order valence-electron chi connectivity index (χ4n) is 4.89. The molecule has 1 fully saturated rings. The lowest BCUT2D eigenvalue weighted by Crippen LogP contribution is -2.58. The van der Waals surface area contributed by atoms with Gasteiger partial charge in [0.15, 0.2) is 6.54 Å². The summed E-state index contributed by atoms with van der Waals surface area (Å²) in [6, 6.07) is 17.3. The van der Waals surface area contributed by atoms with Crippen LogP contribution in [0.4, 0.5) is 36.8 Å². The number of quaternary nitrogens is 1. The average molecular weight is 621 g/mol. The zero-order valence-corrected chi connectivity index (χ0v) is 22.6. The summed E-state index contributed by atoms with van der Waals surface area (Å²) in [7, 11) is 0. The number of benzene rings is 3. The number of hydrogen-bond acceptors (Lipinski definition) is 6. The summed E-state index contributed by atoms with van der Waals surface area (Å²) >= 11 is -0.423. The fourth-order valence-corrected chi connectivity index (χ4v) is 5.43. The molecule has 1 aromatic heterocycles. The van der Waals surface area contributed by atoms with E-state index in [4.69, 9.17) is 4.84 Å². The van der Waals surface area contributed by atoms with Crippen LogP contribution in [0.25, 0.3) is 10.9 Å². The van der Waals surface area contributed by atoms with Crippen LogP contribution in [-0.4, -0.2) is 45.3 Å². The number of pyridine rings is 1. The number of halogens is 6. The van der Waals surface area contributed by atoms with Crippen LogP contribution in [0.1, 0.15) is 11.1 Å². The standard InChI is InChI=1S/C29H20F6N3O4S/c30-28(31,32)26(40)42-38(17-19-14-15-36-23-9-5-4-8-22(19)23)24(16-18-6-2-1-3-7-18)25(39)37(27(38)41)20-10-12-21(13-11-20)43-29(33,34)35/h1-15,24H,16-17H2/q+1. The third kappa shape index (κ3) is 6.20. The molecule has 0 spiro atoms. The van der Waals surface area contributed by atoms with Gasteiger partial charge < -0.3 is 0 Å². The molecule has 14 heteroatoms. The molecule has 2 heterocycles. The quantitative estimate of drug-likeness (QED) is 0.0963. The van der Waals surface area contributed by atoms with Gasteiger partial charge in [-0.1, -0.05) is 48.5 Å². The summed E-state index contributed by atoms with van der Waals surface area (Å²) in [5, 5.41) is 0.441. The van der Waals surface area contributed by atoms with E-state index >= 15 is 0 Å². The molecular weight excluding hydrogens is 600 g/mol. The van der Waals surface area contributed by atoms with Gasteiger partial charge in [0, 0.05) is 28.5 Å². The maximum atomic E-state index is 14.2. The van der Waals surface area contributed by atoms with Gasteiger partial charge in [0.05, 0.1) is 11.2 Å². The van der Waals surface area contributed by atoms with E-state index in [1.165, 1.54) is 12.3 Å². The van der Waals surface area contributed by atoms with Crippen molar-refractivity contribution in [3.63, 3.8) is 0 Å². The van der Waals surface area contributed by atoms with Crippen LogP contribution in [0.2, 0.25) is 0 Å². The molecule has 1 aliphatic rings. The molecule has 3 amide bonds. The molecule has 43 heavy (non-hydrogen) atoms. The molecule has 222 valence electrons. The number of urea groups is 1. The molecule has 0 radical (unpaired) electrons. The van der Waals surface area contributed by atoms with Gasteiger partial charge in [0.1, 0.15) is 0 Å². The van der Waals surface area contributed by atoms with Gasteiger partial charge >= 0.3 is 29.6 Å². The summed E-state index contributed by atoms with van der Waals surface area (Å²) in [5.41, 5.74) is -3.65. The molecule has 2 atom stereocenters. The number of nitrogens with zero attached hydrogens (tertiary/aromatic N) is 3. The van der Waals surface area contributed by atoms with E-state index in [1.54, 1.807) is 54.6 Å². The number of alkyl halides is 6. The van der Waals surface area contributed by atoms with Crippen LogP contribution in [0.5, 0.6) is 0 Å². The first-order valence-electron chi connectivity index (χ1n) is 12.6. The van der Waals surface area contributed by atoms with Gasteiger partial charge in [-0.05, 0) is 58.4 Å². The van der Waals surface area contributed by atoms with Crippen LogP contribution in [0.15, 0.2) is 96.0 Å². The van der Waals surface area contributed by atoms with Crippen molar-refractivity contribution < 1.29 is 50.2 Å². The van der Waals surface area contributed by atoms with Gasteiger partial charge in [0.2, 0.25) is 6.04 Å². The minimum absolute atomic E-state index is 0.206. The Bertz CT molecular complexity index is 1680.